The molecule has 0 saturated heterocycles. The third-order valence-corrected chi connectivity index (χ3v) is 7.10. The second kappa shape index (κ2) is 17.3. The molecule has 0 atom stereocenters. The number of hydrogen-bond donors (Lipinski definition) is 0. The van der Waals surface area contributed by atoms with Crippen molar-refractivity contribution in [2.75, 3.05) is 0 Å². The fourth-order valence-electron chi connectivity index (χ4n) is 4.69. The van der Waals surface area contributed by atoms with Crippen LogP contribution >= 0.6 is 0 Å². The SMILES string of the molecule is CCCCCCCCC(=Nc1cc(CC)cc(CC)c1)C(CCCC)=Nc1cc(CC)cc(CC)c1. The Kier molecular flexibility index (Phi) is 14.4. The van der Waals surface area contributed by atoms with E-state index in [9.17, 15) is 0 Å². The summed E-state index contributed by atoms with van der Waals surface area (Å²) in [6.07, 6.45) is 16.3. The molecule has 0 aliphatic rings. The maximum atomic E-state index is 5.33. The third kappa shape index (κ3) is 10.4. The summed E-state index contributed by atoms with van der Waals surface area (Å²) in [6, 6.07) is 13.8. The normalized spacial score (nSPS) is 12.4. The van der Waals surface area contributed by atoms with Crippen LogP contribution in [0.3, 0.4) is 0 Å². The predicted molar refractivity (Wildman–Crippen MR) is 162 cm³/mol. The second-order valence-electron chi connectivity index (χ2n) is 10.2. The number of benzene rings is 2. The molecule has 2 aromatic carbocycles. The average molecular weight is 489 g/mol. The number of aryl methyl sites for hydroxylation is 4. The van der Waals surface area contributed by atoms with Crippen LogP contribution in [0.15, 0.2) is 46.4 Å². The van der Waals surface area contributed by atoms with E-state index in [0.717, 1.165) is 56.3 Å². The minimum atomic E-state index is 0.997. The average Bonchev–Trinajstić information content (AvgIpc) is 2.91. The Balaban J connectivity index is 2.49. The van der Waals surface area contributed by atoms with Gasteiger partial charge in [0.15, 0.2) is 0 Å². The van der Waals surface area contributed by atoms with Crippen LogP contribution < -0.4 is 0 Å². The fraction of sp³-hybridized carbons (Fsp3) is 0.588. The molecule has 0 aliphatic heterocycles. The summed E-state index contributed by atoms with van der Waals surface area (Å²) in [5.41, 5.74) is 10.1. The third-order valence-electron chi connectivity index (χ3n) is 7.10. The van der Waals surface area contributed by atoms with Crippen molar-refractivity contribution in [2.45, 2.75) is 131 Å². The minimum absolute atomic E-state index is 0.997. The van der Waals surface area contributed by atoms with Crippen LogP contribution in [-0.4, -0.2) is 11.4 Å². The van der Waals surface area contributed by atoms with Crippen LogP contribution in [0.4, 0.5) is 11.4 Å². The van der Waals surface area contributed by atoms with Gasteiger partial charge in [-0.3, -0.25) is 9.98 Å². The van der Waals surface area contributed by atoms with Gasteiger partial charge in [0.1, 0.15) is 0 Å². The Morgan fingerprint density at radius 1 is 0.444 bits per heavy atom. The summed E-state index contributed by atoms with van der Waals surface area (Å²) in [5, 5.41) is 0. The lowest BCUT2D eigenvalue weighted by molar-refractivity contribution is 0.616. The van der Waals surface area contributed by atoms with E-state index in [1.54, 1.807) is 0 Å². The number of rotatable bonds is 17. The monoisotopic (exact) mass is 488 g/mol. The first-order chi connectivity index (χ1) is 17.6. The van der Waals surface area contributed by atoms with E-state index < -0.39 is 0 Å². The lowest BCUT2D eigenvalue weighted by Gasteiger charge is -2.13. The Bertz CT molecular complexity index is 923. The Hall–Kier alpha value is -2.22. The summed E-state index contributed by atoms with van der Waals surface area (Å²) in [4.78, 5) is 10.6. The molecule has 0 bridgehead atoms. The number of hydrogen-bond acceptors (Lipinski definition) is 2. The van der Waals surface area contributed by atoms with Gasteiger partial charge in [0, 0.05) is 0 Å². The first kappa shape index (κ1) is 30.0. The maximum absolute atomic E-state index is 5.33. The van der Waals surface area contributed by atoms with Gasteiger partial charge in [0.2, 0.25) is 0 Å². The molecule has 198 valence electrons. The molecule has 0 spiro atoms. The molecule has 0 fully saturated rings. The highest BCUT2D eigenvalue weighted by molar-refractivity contribution is 6.43. The Morgan fingerprint density at radius 2 is 0.806 bits per heavy atom. The van der Waals surface area contributed by atoms with Crippen LogP contribution in [-0.2, 0) is 25.7 Å². The number of nitrogens with zero attached hydrogens (tertiary/aromatic N) is 2. The van der Waals surface area contributed by atoms with Crippen molar-refractivity contribution in [3.8, 4) is 0 Å². The second-order valence-corrected chi connectivity index (χ2v) is 10.2. The lowest BCUT2D eigenvalue weighted by atomic mass is 10.00. The molecule has 0 aliphatic carbocycles. The quantitative estimate of drug-likeness (QED) is 0.156. The Labute approximate surface area is 222 Å². The first-order valence-corrected chi connectivity index (χ1v) is 15.0. The zero-order valence-corrected chi connectivity index (χ0v) is 24.3. The van der Waals surface area contributed by atoms with Crippen molar-refractivity contribution in [3.63, 3.8) is 0 Å². The standard InChI is InChI=1S/C34H52N2/c1-7-13-15-16-17-18-20-34(36-32-25-29(11-5)22-30(12-6)26-32)33(19-14-8-2)35-31-23-27(9-3)21-28(10-4)24-31/h21-26H,7-20H2,1-6H3. The molecule has 0 aromatic heterocycles. The van der Waals surface area contributed by atoms with Crippen molar-refractivity contribution in [1.82, 2.24) is 0 Å². The summed E-state index contributed by atoms with van der Waals surface area (Å²) >= 11 is 0. The van der Waals surface area contributed by atoms with E-state index in [1.165, 1.54) is 78.6 Å². The topological polar surface area (TPSA) is 24.7 Å². The van der Waals surface area contributed by atoms with Gasteiger partial charge < -0.3 is 0 Å². The van der Waals surface area contributed by atoms with Gasteiger partial charge in [-0.25, -0.2) is 0 Å². The number of unbranched alkanes of at least 4 members (excludes halogenated alkanes) is 6. The van der Waals surface area contributed by atoms with Gasteiger partial charge in [-0.1, -0.05) is 92.2 Å². The molecule has 0 unspecified atom stereocenters. The minimum Gasteiger partial charge on any atom is -0.252 e. The Morgan fingerprint density at radius 3 is 1.19 bits per heavy atom. The molecule has 2 heteroatoms. The molecule has 0 saturated carbocycles. The van der Waals surface area contributed by atoms with Gasteiger partial charge in [-0.2, -0.15) is 0 Å². The zero-order valence-electron chi connectivity index (χ0n) is 24.3. The first-order valence-electron chi connectivity index (χ1n) is 15.0. The largest absolute Gasteiger partial charge is 0.252 e. The summed E-state index contributed by atoms with van der Waals surface area (Å²) in [6.45, 7) is 13.5. The smallest absolute Gasteiger partial charge is 0.0639 e. The maximum Gasteiger partial charge on any atom is 0.0639 e. The highest BCUT2D eigenvalue weighted by Crippen LogP contribution is 2.24. The van der Waals surface area contributed by atoms with Gasteiger partial charge in [0.05, 0.1) is 22.8 Å². The van der Waals surface area contributed by atoms with Crippen molar-refractivity contribution in [3.05, 3.63) is 58.7 Å². The molecule has 0 amide bonds. The molecule has 2 nitrogen and oxygen atoms in total. The highest BCUT2D eigenvalue weighted by Gasteiger charge is 2.12. The van der Waals surface area contributed by atoms with E-state index in [4.69, 9.17) is 9.98 Å². The lowest BCUT2D eigenvalue weighted by Crippen LogP contribution is -2.14. The van der Waals surface area contributed by atoms with Crippen LogP contribution in [0.5, 0.6) is 0 Å². The van der Waals surface area contributed by atoms with E-state index in [2.05, 4.69) is 77.9 Å². The van der Waals surface area contributed by atoms with E-state index >= 15 is 0 Å². The van der Waals surface area contributed by atoms with E-state index in [1.807, 2.05) is 0 Å². The van der Waals surface area contributed by atoms with E-state index in [-0.39, 0.29) is 0 Å². The van der Waals surface area contributed by atoms with Gasteiger partial charge in [-0.05, 0) is 97.9 Å². The molecule has 0 radical (unpaired) electrons. The summed E-state index contributed by atoms with van der Waals surface area (Å²) in [5.74, 6) is 0. The van der Waals surface area contributed by atoms with E-state index in [0.29, 0.717) is 0 Å². The molecule has 2 rings (SSSR count). The van der Waals surface area contributed by atoms with Crippen LogP contribution in [0.25, 0.3) is 0 Å². The highest BCUT2D eigenvalue weighted by atomic mass is 14.8. The molecule has 0 heterocycles. The van der Waals surface area contributed by atoms with Crippen molar-refractivity contribution in [2.24, 2.45) is 9.98 Å². The van der Waals surface area contributed by atoms with Crippen molar-refractivity contribution in [1.29, 1.82) is 0 Å². The molecular weight excluding hydrogens is 436 g/mol. The molecule has 36 heavy (non-hydrogen) atoms. The fourth-order valence-corrected chi connectivity index (χ4v) is 4.69. The van der Waals surface area contributed by atoms with Gasteiger partial charge in [-0.15, -0.1) is 0 Å². The van der Waals surface area contributed by atoms with Crippen LogP contribution in [0.2, 0.25) is 0 Å². The molecule has 0 N–H and O–H groups in total. The van der Waals surface area contributed by atoms with Crippen molar-refractivity contribution < 1.29 is 0 Å². The number of aliphatic imine (C=N–C) groups is 2. The predicted octanol–water partition coefficient (Wildman–Crippen LogP) is 10.7. The van der Waals surface area contributed by atoms with Crippen LogP contribution in [0, 0.1) is 0 Å². The summed E-state index contributed by atoms with van der Waals surface area (Å²) < 4.78 is 0. The molecular formula is C34H52N2. The zero-order chi connectivity index (χ0) is 26.2. The molecule has 2 aromatic rings. The van der Waals surface area contributed by atoms with Gasteiger partial charge >= 0.3 is 0 Å². The van der Waals surface area contributed by atoms with Gasteiger partial charge in [0.25, 0.3) is 0 Å². The van der Waals surface area contributed by atoms with Crippen molar-refractivity contribution >= 4 is 22.8 Å². The summed E-state index contributed by atoms with van der Waals surface area (Å²) in [7, 11) is 0. The van der Waals surface area contributed by atoms with Crippen LogP contribution in [0.1, 0.15) is 128 Å².